The number of imidazole rings is 1. The van der Waals surface area contributed by atoms with Gasteiger partial charge in [-0.1, -0.05) is 31.4 Å². The van der Waals surface area contributed by atoms with Crippen molar-refractivity contribution in [2.24, 2.45) is 11.8 Å². The second-order valence-electron chi connectivity index (χ2n) is 11.6. The summed E-state index contributed by atoms with van der Waals surface area (Å²) in [5.41, 5.74) is 6.29. The molecule has 2 aliphatic heterocycles. The summed E-state index contributed by atoms with van der Waals surface area (Å²) in [4.78, 5) is 48.7. The van der Waals surface area contributed by atoms with Gasteiger partial charge in [0.1, 0.15) is 6.04 Å². The fourth-order valence-electron chi connectivity index (χ4n) is 6.31. The van der Waals surface area contributed by atoms with E-state index in [1.165, 1.54) is 12.8 Å². The molecule has 1 unspecified atom stereocenters. The fourth-order valence-corrected chi connectivity index (χ4v) is 6.49. The van der Waals surface area contributed by atoms with Crippen molar-refractivity contribution in [1.29, 1.82) is 0 Å². The summed E-state index contributed by atoms with van der Waals surface area (Å²) < 4.78 is 2.28. The minimum Gasteiger partial charge on any atom is -0.351 e. The zero-order valence-electron chi connectivity index (χ0n) is 23.8. The summed E-state index contributed by atoms with van der Waals surface area (Å²) in [5.74, 6) is 2.13. The molecule has 2 amide bonds. The third-order valence-electron chi connectivity index (χ3n) is 8.75. The molecule has 3 aromatic heterocycles. The normalized spacial score (nSPS) is 24.5. The van der Waals surface area contributed by atoms with Crippen molar-refractivity contribution in [1.82, 2.24) is 35.2 Å². The van der Waals surface area contributed by atoms with Gasteiger partial charge in [0.15, 0.2) is 6.17 Å². The van der Waals surface area contributed by atoms with Crippen LogP contribution in [0.3, 0.4) is 0 Å². The van der Waals surface area contributed by atoms with E-state index in [4.69, 9.17) is 26.4 Å². The van der Waals surface area contributed by atoms with Crippen molar-refractivity contribution in [3.63, 3.8) is 0 Å². The molecule has 2 saturated heterocycles. The van der Waals surface area contributed by atoms with E-state index in [0.717, 1.165) is 67.2 Å². The van der Waals surface area contributed by atoms with Crippen LogP contribution >= 0.6 is 11.6 Å². The highest BCUT2D eigenvalue weighted by molar-refractivity contribution is 6.30. The number of halogens is 1. The molecule has 1 saturated carbocycles. The lowest BCUT2D eigenvalue weighted by Crippen LogP contribution is -2.45. The van der Waals surface area contributed by atoms with Gasteiger partial charge < -0.3 is 19.2 Å². The average Bonchev–Trinajstić information content (AvgIpc) is 3.71. The Balaban J connectivity index is 1.53. The Hall–Kier alpha value is -3.44. The number of pyridine rings is 2. The van der Waals surface area contributed by atoms with Crippen molar-refractivity contribution < 1.29 is 14.4 Å². The van der Waals surface area contributed by atoms with E-state index in [2.05, 4.69) is 32.2 Å². The summed E-state index contributed by atoms with van der Waals surface area (Å²) >= 11 is 6.39. The Morgan fingerprint density at radius 1 is 1.17 bits per heavy atom. The molecule has 11 nitrogen and oxygen atoms in total. The molecule has 0 radical (unpaired) electrons. The summed E-state index contributed by atoms with van der Waals surface area (Å²) in [6, 6.07) is 3.46. The number of hydrogen-bond acceptors (Lipinski definition) is 8. The van der Waals surface area contributed by atoms with Crippen LogP contribution in [0.5, 0.6) is 0 Å². The number of aromatic nitrogens is 4. The van der Waals surface area contributed by atoms with E-state index < -0.39 is 12.3 Å². The third kappa shape index (κ3) is 5.44. The van der Waals surface area contributed by atoms with E-state index in [1.54, 1.807) is 17.3 Å². The number of likely N-dealkylation sites (N-methyl/N-ethyl adjacent to an activating group) is 1. The Kier molecular flexibility index (Phi) is 7.74. The number of anilines is 1. The molecule has 41 heavy (non-hydrogen) atoms. The first-order valence-corrected chi connectivity index (χ1v) is 15.0. The molecule has 2 atom stereocenters. The highest BCUT2D eigenvalue weighted by atomic mass is 35.5. The number of nitrogens with one attached hydrogen (secondary N) is 2. The number of hydroxylamine groups is 1. The molecular formula is C29H37ClN8O3. The van der Waals surface area contributed by atoms with Crippen LogP contribution in [0.2, 0.25) is 5.02 Å². The van der Waals surface area contributed by atoms with Gasteiger partial charge in [-0.3, -0.25) is 15.1 Å². The summed E-state index contributed by atoms with van der Waals surface area (Å²) in [6.07, 6.45) is 8.55. The van der Waals surface area contributed by atoms with Gasteiger partial charge in [0.2, 0.25) is 11.9 Å². The van der Waals surface area contributed by atoms with Crippen LogP contribution in [0.4, 0.5) is 10.7 Å². The lowest BCUT2D eigenvalue weighted by molar-refractivity contribution is -0.130. The topological polar surface area (TPSA) is 118 Å². The highest BCUT2D eigenvalue weighted by Gasteiger charge is 2.37. The van der Waals surface area contributed by atoms with Crippen LogP contribution in [0.1, 0.15) is 64.2 Å². The van der Waals surface area contributed by atoms with Crippen LogP contribution in [-0.2, 0) is 16.2 Å². The largest absolute Gasteiger partial charge is 0.427 e. The maximum atomic E-state index is 13.4. The maximum absolute atomic E-state index is 13.4. The van der Waals surface area contributed by atoms with E-state index >= 15 is 0 Å². The predicted molar refractivity (Wildman–Crippen MR) is 156 cm³/mol. The van der Waals surface area contributed by atoms with Gasteiger partial charge in [0.05, 0.1) is 27.4 Å². The van der Waals surface area contributed by atoms with Crippen LogP contribution in [0.25, 0.3) is 22.3 Å². The highest BCUT2D eigenvalue weighted by Crippen LogP contribution is 2.38. The van der Waals surface area contributed by atoms with E-state index in [9.17, 15) is 9.59 Å². The molecular weight excluding hydrogens is 544 g/mol. The fraction of sp³-hybridized carbons (Fsp3) is 0.552. The molecule has 218 valence electrons. The lowest BCUT2D eigenvalue weighted by Gasteiger charge is -2.31. The van der Waals surface area contributed by atoms with Crippen molar-refractivity contribution in [3.05, 3.63) is 35.2 Å². The first-order valence-electron chi connectivity index (χ1n) is 14.6. The van der Waals surface area contributed by atoms with Gasteiger partial charge >= 0.3 is 6.09 Å². The first-order chi connectivity index (χ1) is 19.8. The molecule has 3 fully saturated rings. The predicted octanol–water partition coefficient (Wildman–Crippen LogP) is 4.66. The van der Waals surface area contributed by atoms with Crippen LogP contribution in [0, 0.1) is 11.8 Å². The lowest BCUT2D eigenvalue weighted by atomic mass is 9.83. The minimum absolute atomic E-state index is 0.114. The first kappa shape index (κ1) is 27.7. The number of carbonyl (C=O) groups is 2. The van der Waals surface area contributed by atoms with Gasteiger partial charge in [-0.2, -0.15) is 0 Å². The molecule has 2 N–H and O–H groups in total. The van der Waals surface area contributed by atoms with E-state index in [1.807, 2.05) is 26.1 Å². The number of rotatable bonds is 7. The van der Waals surface area contributed by atoms with Crippen LogP contribution in [-0.4, -0.2) is 62.6 Å². The Bertz CT molecular complexity index is 1450. The van der Waals surface area contributed by atoms with Crippen molar-refractivity contribution in [2.75, 3.05) is 25.0 Å². The Labute approximate surface area is 244 Å². The molecule has 3 aromatic rings. The molecule has 0 aromatic carbocycles. The SMILES string of the molecule is CCN(C)C(=O)[C@@H]1CCCN1c1nc2cc(C3NOC(=O)N3)nc(-c3cncc(Cl)c3)c2n1CC1CCC(C)CC1. The molecule has 3 aliphatic rings. The minimum atomic E-state index is -0.634. The number of carbonyl (C=O) groups excluding carboxylic acids is 2. The number of nitrogens with zero attached hydrogens (tertiary/aromatic N) is 6. The van der Waals surface area contributed by atoms with Crippen LogP contribution in [0.15, 0.2) is 24.5 Å². The smallest absolute Gasteiger partial charge is 0.351 e. The van der Waals surface area contributed by atoms with E-state index in [0.29, 0.717) is 28.9 Å². The second-order valence-corrected chi connectivity index (χ2v) is 12.0. The molecule has 5 heterocycles. The van der Waals surface area contributed by atoms with Gasteiger partial charge in [-0.15, -0.1) is 5.48 Å². The van der Waals surface area contributed by atoms with Gasteiger partial charge in [-0.05, 0) is 56.6 Å². The van der Waals surface area contributed by atoms with Crippen molar-refractivity contribution in [2.45, 2.75) is 71.1 Å². The summed E-state index contributed by atoms with van der Waals surface area (Å²) in [5, 5.41) is 3.24. The molecule has 1 aliphatic carbocycles. The quantitative estimate of drug-likeness (QED) is 0.414. The van der Waals surface area contributed by atoms with Crippen LogP contribution < -0.4 is 15.7 Å². The molecule has 12 heteroatoms. The van der Waals surface area contributed by atoms with Gasteiger partial charge in [-0.25, -0.2) is 14.8 Å². The van der Waals surface area contributed by atoms with Crippen molar-refractivity contribution in [3.8, 4) is 11.3 Å². The third-order valence-corrected chi connectivity index (χ3v) is 8.96. The van der Waals surface area contributed by atoms with Gasteiger partial charge in [0, 0.05) is 44.6 Å². The monoisotopic (exact) mass is 580 g/mol. The van der Waals surface area contributed by atoms with Crippen molar-refractivity contribution >= 4 is 40.6 Å². The zero-order valence-corrected chi connectivity index (χ0v) is 24.5. The Morgan fingerprint density at radius 2 is 1.98 bits per heavy atom. The van der Waals surface area contributed by atoms with Gasteiger partial charge in [0.25, 0.3) is 0 Å². The average molecular weight is 581 g/mol. The number of fused-ring (bicyclic) bond motifs is 1. The summed E-state index contributed by atoms with van der Waals surface area (Å²) in [7, 11) is 1.86. The number of amides is 2. The molecule has 0 spiro atoms. The maximum Gasteiger partial charge on any atom is 0.427 e. The standard InChI is InChI=1S/C29H37ClN8O3/c1-4-36(3)27(39)23-6-5-11-37(23)28-33-21-13-22(26-34-29(40)41-35-26)32-24(19-12-20(30)15-31-14-19)25(21)38(28)16-18-9-7-17(2)8-10-18/h12-15,17-18,23,26,35H,4-11,16H2,1-3H3,(H,34,40)/t17?,18?,23-,26?/m0/s1. The zero-order chi connectivity index (χ0) is 28.7. The van der Waals surface area contributed by atoms with E-state index in [-0.39, 0.29) is 11.9 Å². The molecule has 0 bridgehead atoms. The Morgan fingerprint density at radius 3 is 2.68 bits per heavy atom. The number of hydrogen-bond donors (Lipinski definition) is 2. The molecule has 6 rings (SSSR count). The second kappa shape index (κ2) is 11.4. The summed E-state index contributed by atoms with van der Waals surface area (Å²) in [6.45, 7) is 6.51.